The highest BCUT2D eigenvalue weighted by Crippen LogP contribution is 2.37. The lowest BCUT2D eigenvalue weighted by molar-refractivity contribution is 0.101. The maximum absolute atomic E-state index is 13.7. The van der Waals surface area contributed by atoms with Gasteiger partial charge in [0.15, 0.2) is 5.78 Å². The Bertz CT molecular complexity index is 516. The summed E-state index contributed by atoms with van der Waals surface area (Å²) in [7, 11) is 0. The maximum Gasteiger partial charge on any atom is 0.161 e. The van der Waals surface area contributed by atoms with Crippen LogP contribution >= 0.6 is 0 Å². The molecule has 1 aromatic carbocycles. The summed E-state index contributed by atoms with van der Waals surface area (Å²) in [6, 6.07) is 3.21. The first-order valence-corrected chi connectivity index (χ1v) is 7.42. The molecule has 0 unspecified atom stereocenters. The smallest absolute Gasteiger partial charge is 0.161 e. The van der Waals surface area contributed by atoms with Crippen molar-refractivity contribution in [2.45, 2.75) is 47.0 Å². The van der Waals surface area contributed by atoms with E-state index in [2.05, 4.69) is 18.7 Å². The Morgan fingerprint density at radius 2 is 1.95 bits per heavy atom. The van der Waals surface area contributed by atoms with Gasteiger partial charge in [0.1, 0.15) is 5.82 Å². The molecule has 3 heteroatoms. The SMILES string of the molecule is CCC1(C)CCN(c2cc(C)c(F)cc2C(C)=O)CC1. The van der Waals surface area contributed by atoms with E-state index in [-0.39, 0.29) is 11.6 Å². The molecule has 0 aliphatic carbocycles. The van der Waals surface area contributed by atoms with Crippen LogP contribution in [0.25, 0.3) is 0 Å². The second-order valence-corrected chi connectivity index (χ2v) is 6.33. The quantitative estimate of drug-likeness (QED) is 0.765. The first-order valence-electron chi connectivity index (χ1n) is 7.42. The molecule has 0 bridgehead atoms. The van der Waals surface area contributed by atoms with Gasteiger partial charge in [0, 0.05) is 24.3 Å². The van der Waals surface area contributed by atoms with Crippen molar-refractivity contribution in [1.29, 1.82) is 0 Å². The number of piperidine rings is 1. The van der Waals surface area contributed by atoms with Crippen molar-refractivity contribution >= 4 is 11.5 Å². The average Bonchev–Trinajstić information content (AvgIpc) is 2.42. The molecule has 110 valence electrons. The molecular formula is C17H24FNO. The average molecular weight is 277 g/mol. The normalized spacial score (nSPS) is 18.1. The fourth-order valence-electron chi connectivity index (χ4n) is 2.85. The van der Waals surface area contributed by atoms with Crippen molar-refractivity contribution in [2.24, 2.45) is 5.41 Å². The number of hydrogen-bond acceptors (Lipinski definition) is 2. The molecule has 1 fully saturated rings. The summed E-state index contributed by atoms with van der Waals surface area (Å²) in [5, 5.41) is 0. The van der Waals surface area contributed by atoms with Crippen LogP contribution in [0.1, 0.15) is 56.0 Å². The molecule has 2 rings (SSSR count). The number of carbonyl (C=O) groups excluding carboxylic acids is 1. The Hall–Kier alpha value is -1.38. The Morgan fingerprint density at radius 1 is 1.35 bits per heavy atom. The Balaban J connectivity index is 2.30. The predicted molar refractivity (Wildman–Crippen MR) is 81.0 cm³/mol. The lowest BCUT2D eigenvalue weighted by Gasteiger charge is -2.40. The van der Waals surface area contributed by atoms with Crippen LogP contribution in [0.5, 0.6) is 0 Å². The number of hydrogen-bond donors (Lipinski definition) is 0. The zero-order valence-electron chi connectivity index (χ0n) is 12.9. The van der Waals surface area contributed by atoms with Gasteiger partial charge in [-0.1, -0.05) is 20.3 Å². The number of anilines is 1. The molecule has 1 aromatic rings. The van der Waals surface area contributed by atoms with Crippen LogP contribution in [-0.2, 0) is 0 Å². The van der Waals surface area contributed by atoms with Gasteiger partial charge in [0.2, 0.25) is 0 Å². The minimum absolute atomic E-state index is 0.0669. The van der Waals surface area contributed by atoms with E-state index in [4.69, 9.17) is 0 Å². The standard InChI is InChI=1S/C17H24FNO/c1-5-17(4)6-8-19(9-7-17)16-10-12(2)15(18)11-14(16)13(3)20/h10-11H,5-9H2,1-4H3. The number of ketones is 1. The molecule has 0 atom stereocenters. The lowest BCUT2D eigenvalue weighted by Crippen LogP contribution is -2.39. The van der Waals surface area contributed by atoms with Crippen LogP contribution in [0.2, 0.25) is 0 Å². The number of benzene rings is 1. The third-order valence-corrected chi connectivity index (χ3v) is 4.82. The first-order chi connectivity index (χ1) is 9.36. The summed E-state index contributed by atoms with van der Waals surface area (Å²) < 4.78 is 13.7. The van der Waals surface area contributed by atoms with Crippen LogP contribution < -0.4 is 4.90 Å². The molecule has 1 aliphatic rings. The van der Waals surface area contributed by atoms with Gasteiger partial charge < -0.3 is 4.90 Å². The van der Waals surface area contributed by atoms with Crippen LogP contribution in [0.4, 0.5) is 10.1 Å². The summed E-state index contributed by atoms with van der Waals surface area (Å²) in [6.07, 6.45) is 3.43. The highest BCUT2D eigenvalue weighted by atomic mass is 19.1. The van der Waals surface area contributed by atoms with Crippen LogP contribution in [0.15, 0.2) is 12.1 Å². The molecule has 0 saturated carbocycles. The van der Waals surface area contributed by atoms with Gasteiger partial charge in [0.05, 0.1) is 0 Å². The van der Waals surface area contributed by atoms with E-state index in [9.17, 15) is 9.18 Å². The van der Waals surface area contributed by atoms with Gasteiger partial charge in [-0.15, -0.1) is 0 Å². The second kappa shape index (κ2) is 5.55. The van der Waals surface area contributed by atoms with Crippen molar-refractivity contribution in [2.75, 3.05) is 18.0 Å². The van der Waals surface area contributed by atoms with E-state index < -0.39 is 0 Å². The van der Waals surface area contributed by atoms with E-state index in [1.807, 2.05) is 6.07 Å². The predicted octanol–water partition coefficient (Wildman–Crippen LogP) is 4.35. The zero-order chi connectivity index (χ0) is 14.9. The van der Waals surface area contributed by atoms with E-state index in [0.717, 1.165) is 31.6 Å². The first kappa shape index (κ1) is 15.0. The van der Waals surface area contributed by atoms with Gasteiger partial charge >= 0.3 is 0 Å². The Kier molecular flexibility index (Phi) is 4.17. The molecule has 0 amide bonds. The Morgan fingerprint density at radius 3 is 2.45 bits per heavy atom. The number of rotatable bonds is 3. The summed E-state index contributed by atoms with van der Waals surface area (Å²) in [5.41, 5.74) is 2.42. The van der Waals surface area contributed by atoms with Gasteiger partial charge in [-0.25, -0.2) is 4.39 Å². The molecule has 0 aromatic heterocycles. The van der Waals surface area contributed by atoms with Crippen molar-refractivity contribution in [3.63, 3.8) is 0 Å². The van der Waals surface area contributed by atoms with Crippen LogP contribution in [0, 0.1) is 18.2 Å². The van der Waals surface area contributed by atoms with E-state index in [1.54, 1.807) is 6.92 Å². The van der Waals surface area contributed by atoms with E-state index in [1.165, 1.54) is 19.4 Å². The van der Waals surface area contributed by atoms with Crippen LogP contribution in [-0.4, -0.2) is 18.9 Å². The van der Waals surface area contributed by atoms with Gasteiger partial charge in [0.25, 0.3) is 0 Å². The number of aryl methyl sites for hydroxylation is 1. The molecule has 1 saturated heterocycles. The molecule has 0 N–H and O–H groups in total. The summed E-state index contributed by atoms with van der Waals surface area (Å²) in [4.78, 5) is 14.0. The van der Waals surface area contributed by atoms with Gasteiger partial charge in [-0.05, 0) is 49.8 Å². The summed E-state index contributed by atoms with van der Waals surface area (Å²) in [5.74, 6) is -0.364. The van der Waals surface area contributed by atoms with E-state index >= 15 is 0 Å². The minimum Gasteiger partial charge on any atom is -0.371 e. The molecule has 0 spiro atoms. The maximum atomic E-state index is 13.7. The summed E-state index contributed by atoms with van der Waals surface area (Å²) in [6.45, 7) is 9.70. The fourth-order valence-corrected chi connectivity index (χ4v) is 2.85. The molecule has 2 nitrogen and oxygen atoms in total. The van der Waals surface area contributed by atoms with Crippen molar-refractivity contribution in [3.05, 3.63) is 29.1 Å². The molecule has 20 heavy (non-hydrogen) atoms. The highest BCUT2D eigenvalue weighted by Gasteiger charge is 2.29. The van der Waals surface area contributed by atoms with Crippen molar-refractivity contribution in [3.8, 4) is 0 Å². The van der Waals surface area contributed by atoms with Crippen molar-refractivity contribution < 1.29 is 9.18 Å². The van der Waals surface area contributed by atoms with E-state index in [0.29, 0.717) is 16.5 Å². The van der Waals surface area contributed by atoms with Crippen LogP contribution in [0.3, 0.4) is 0 Å². The third-order valence-electron chi connectivity index (χ3n) is 4.82. The zero-order valence-corrected chi connectivity index (χ0v) is 12.9. The number of halogens is 1. The summed E-state index contributed by atoms with van der Waals surface area (Å²) >= 11 is 0. The molecule has 1 heterocycles. The second-order valence-electron chi connectivity index (χ2n) is 6.33. The van der Waals surface area contributed by atoms with Gasteiger partial charge in [-0.3, -0.25) is 4.79 Å². The third kappa shape index (κ3) is 2.87. The molecular weight excluding hydrogens is 253 g/mol. The molecule has 1 aliphatic heterocycles. The number of nitrogens with zero attached hydrogens (tertiary/aromatic N) is 1. The number of Topliss-reactive ketones (excluding diaryl/α,β-unsaturated/α-hetero) is 1. The van der Waals surface area contributed by atoms with Crippen molar-refractivity contribution in [1.82, 2.24) is 0 Å². The largest absolute Gasteiger partial charge is 0.371 e. The topological polar surface area (TPSA) is 20.3 Å². The molecule has 0 radical (unpaired) electrons. The van der Waals surface area contributed by atoms with Gasteiger partial charge in [-0.2, -0.15) is 0 Å². The highest BCUT2D eigenvalue weighted by molar-refractivity contribution is 6.00. The Labute approximate surface area is 121 Å². The number of carbonyl (C=O) groups is 1. The minimum atomic E-state index is -0.297. The lowest BCUT2D eigenvalue weighted by atomic mass is 9.78. The monoisotopic (exact) mass is 277 g/mol. The fraction of sp³-hybridized carbons (Fsp3) is 0.588.